The zero-order valence-electron chi connectivity index (χ0n) is 11.8. The van der Waals surface area contributed by atoms with Gasteiger partial charge in [0.25, 0.3) is 0 Å². The Morgan fingerprint density at radius 3 is 3.05 bits per heavy atom. The van der Waals surface area contributed by atoms with Crippen LogP contribution in [0.3, 0.4) is 0 Å². The van der Waals surface area contributed by atoms with Crippen molar-refractivity contribution in [1.29, 1.82) is 0 Å². The predicted molar refractivity (Wildman–Crippen MR) is 76.2 cm³/mol. The van der Waals surface area contributed by atoms with Crippen LogP contribution in [0.25, 0.3) is 11.5 Å². The second-order valence-electron chi connectivity index (χ2n) is 4.58. The molecule has 1 amide bonds. The predicted octanol–water partition coefficient (Wildman–Crippen LogP) is 0.336. The number of carbonyl (C=O) groups is 1. The van der Waals surface area contributed by atoms with Crippen LogP contribution in [0.15, 0.2) is 37.1 Å². The molecule has 1 atom stereocenters. The minimum Gasteiger partial charge on any atom is -0.347 e. The maximum absolute atomic E-state index is 12.0. The van der Waals surface area contributed by atoms with Crippen molar-refractivity contribution in [2.45, 2.75) is 19.5 Å². The van der Waals surface area contributed by atoms with E-state index in [1.54, 1.807) is 48.7 Å². The molecule has 2 N–H and O–H groups in total. The van der Waals surface area contributed by atoms with Gasteiger partial charge in [-0.2, -0.15) is 10.2 Å². The molecule has 0 unspecified atom stereocenters. The Morgan fingerprint density at radius 2 is 2.32 bits per heavy atom. The van der Waals surface area contributed by atoms with Crippen LogP contribution in [0.2, 0.25) is 0 Å². The van der Waals surface area contributed by atoms with E-state index in [-0.39, 0.29) is 12.5 Å². The number of nitrogens with one attached hydrogen (secondary N) is 2. The van der Waals surface area contributed by atoms with Crippen molar-refractivity contribution in [1.82, 2.24) is 40.2 Å². The standard InChI is InChI=1S/C13H14N8O/c1-9(21-6-2-3-17-21)13(22)16-8-11-18-12(20-19-11)10-7-14-4-5-15-10/h2-7,9H,8H2,1H3,(H,16,22)(H,18,19,20)/t9-/m0/s1. The molecule has 0 spiro atoms. The number of H-pyrrole nitrogens is 1. The van der Waals surface area contributed by atoms with Crippen LogP contribution in [-0.2, 0) is 11.3 Å². The van der Waals surface area contributed by atoms with Crippen molar-refractivity contribution < 1.29 is 4.79 Å². The highest BCUT2D eigenvalue weighted by Crippen LogP contribution is 2.09. The van der Waals surface area contributed by atoms with Crippen LogP contribution in [0.5, 0.6) is 0 Å². The van der Waals surface area contributed by atoms with Gasteiger partial charge in [-0.05, 0) is 13.0 Å². The number of hydrogen-bond acceptors (Lipinski definition) is 6. The average molecular weight is 298 g/mol. The molecule has 3 rings (SSSR count). The van der Waals surface area contributed by atoms with Gasteiger partial charge >= 0.3 is 0 Å². The fourth-order valence-corrected chi connectivity index (χ4v) is 1.85. The molecule has 22 heavy (non-hydrogen) atoms. The van der Waals surface area contributed by atoms with Crippen molar-refractivity contribution in [3.8, 4) is 11.5 Å². The van der Waals surface area contributed by atoms with Gasteiger partial charge in [-0.25, -0.2) is 9.97 Å². The molecule has 3 heterocycles. The van der Waals surface area contributed by atoms with E-state index in [1.807, 2.05) is 0 Å². The third kappa shape index (κ3) is 2.97. The number of rotatable bonds is 5. The molecule has 0 aromatic carbocycles. The number of aromatic nitrogens is 7. The van der Waals surface area contributed by atoms with Gasteiger partial charge in [-0.3, -0.25) is 19.6 Å². The first-order valence-corrected chi connectivity index (χ1v) is 6.68. The molecule has 112 valence electrons. The van der Waals surface area contributed by atoms with Crippen molar-refractivity contribution in [2.75, 3.05) is 0 Å². The largest absolute Gasteiger partial charge is 0.347 e. The highest BCUT2D eigenvalue weighted by molar-refractivity contribution is 5.79. The van der Waals surface area contributed by atoms with Crippen molar-refractivity contribution in [3.05, 3.63) is 42.9 Å². The van der Waals surface area contributed by atoms with Gasteiger partial charge in [0.1, 0.15) is 17.6 Å². The molecule has 3 aromatic rings. The lowest BCUT2D eigenvalue weighted by Crippen LogP contribution is -2.31. The van der Waals surface area contributed by atoms with Crippen LogP contribution < -0.4 is 5.32 Å². The maximum Gasteiger partial charge on any atom is 0.244 e. The number of amides is 1. The van der Waals surface area contributed by atoms with Crippen LogP contribution >= 0.6 is 0 Å². The first-order chi connectivity index (χ1) is 10.7. The van der Waals surface area contributed by atoms with E-state index in [2.05, 4.69) is 35.6 Å². The topological polar surface area (TPSA) is 114 Å². The summed E-state index contributed by atoms with van der Waals surface area (Å²) in [6, 6.07) is 1.38. The third-order valence-corrected chi connectivity index (χ3v) is 3.06. The lowest BCUT2D eigenvalue weighted by atomic mass is 10.3. The van der Waals surface area contributed by atoms with Gasteiger partial charge in [0, 0.05) is 24.8 Å². The Bertz CT molecular complexity index is 737. The third-order valence-electron chi connectivity index (χ3n) is 3.06. The molecule has 0 aliphatic carbocycles. The fourth-order valence-electron chi connectivity index (χ4n) is 1.85. The van der Waals surface area contributed by atoms with E-state index in [1.165, 1.54) is 0 Å². The van der Waals surface area contributed by atoms with E-state index < -0.39 is 6.04 Å². The van der Waals surface area contributed by atoms with E-state index in [9.17, 15) is 4.79 Å². The molecule has 9 nitrogen and oxygen atoms in total. The minimum atomic E-state index is -0.391. The van der Waals surface area contributed by atoms with Crippen molar-refractivity contribution in [2.24, 2.45) is 0 Å². The summed E-state index contributed by atoms with van der Waals surface area (Å²) in [4.78, 5) is 24.4. The fraction of sp³-hybridized carbons (Fsp3) is 0.231. The monoisotopic (exact) mass is 298 g/mol. The van der Waals surface area contributed by atoms with Crippen LogP contribution in [0.1, 0.15) is 18.8 Å². The summed E-state index contributed by atoms with van der Waals surface area (Å²) >= 11 is 0. The highest BCUT2D eigenvalue weighted by Gasteiger charge is 2.15. The van der Waals surface area contributed by atoms with Gasteiger partial charge in [0.05, 0.1) is 12.7 Å². The molecule has 0 aliphatic heterocycles. The van der Waals surface area contributed by atoms with E-state index in [0.29, 0.717) is 17.3 Å². The first kappa shape index (κ1) is 13.9. The summed E-state index contributed by atoms with van der Waals surface area (Å²) in [6.07, 6.45) is 8.09. The summed E-state index contributed by atoms with van der Waals surface area (Å²) in [5, 5.41) is 13.6. The molecular formula is C13H14N8O. The Labute approximate surface area is 125 Å². The lowest BCUT2D eigenvalue weighted by Gasteiger charge is -2.11. The van der Waals surface area contributed by atoms with Gasteiger partial charge in [-0.1, -0.05) is 0 Å². The molecular weight excluding hydrogens is 284 g/mol. The van der Waals surface area contributed by atoms with Gasteiger partial charge in [0.15, 0.2) is 0 Å². The summed E-state index contributed by atoms with van der Waals surface area (Å²) in [5.74, 6) is 0.834. The van der Waals surface area contributed by atoms with E-state index >= 15 is 0 Å². The second-order valence-corrected chi connectivity index (χ2v) is 4.58. The van der Waals surface area contributed by atoms with Crippen LogP contribution in [0.4, 0.5) is 0 Å². The summed E-state index contributed by atoms with van der Waals surface area (Å²) in [7, 11) is 0. The zero-order valence-corrected chi connectivity index (χ0v) is 11.8. The Balaban J connectivity index is 1.60. The van der Waals surface area contributed by atoms with Crippen molar-refractivity contribution >= 4 is 5.91 Å². The summed E-state index contributed by atoms with van der Waals surface area (Å²) in [6.45, 7) is 2.02. The molecule has 0 saturated heterocycles. The second kappa shape index (κ2) is 6.12. The van der Waals surface area contributed by atoms with Gasteiger partial charge < -0.3 is 5.32 Å². The molecule has 0 aliphatic rings. The first-order valence-electron chi connectivity index (χ1n) is 6.68. The Morgan fingerprint density at radius 1 is 1.41 bits per heavy atom. The molecule has 0 bridgehead atoms. The van der Waals surface area contributed by atoms with E-state index in [4.69, 9.17) is 0 Å². The van der Waals surface area contributed by atoms with Gasteiger partial charge in [-0.15, -0.1) is 0 Å². The van der Waals surface area contributed by atoms with Gasteiger partial charge in [0.2, 0.25) is 11.7 Å². The van der Waals surface area contributed by atoms with Crippen LogP contribution in [0, 0.1) is 0 Å². The Hall–Kier alpha value is -3.10. The highest BCUT2D eigenvalue weighted by atomic mass is 16.2. The molecule has 0 radical (unpaired) electrons. The lowest BCUT2D eigenvalue weighted by molar-refractivity contribution is -0.124. The average Bonchev–Trinajstić information content (AvgIpc) is 3.24. The van der Waals surface area contributed by atoms with E-state index in [0.717, 1.165) is 0 Å². The normalized spacial score (nSPS) is 12.0. The zero-order chi connectivity index (χ0) is 15.4. The SMILES string of the molecule is C[C@@H](C(=O)NCc1nc(-c2cnccn2)n[nH]1)n1cccn1. The van der Waals surface area contributed by atoms with Crippen LogP contribution in [-0.4, -0.2) is 40.8 Å². The molecule has 0 fully saturated rings. The number of carbonyl (C=O) groups excluding carboxylic acids is 1. The maximum atomic E-state index is 12.0. The summed E-state index contributed by atoms with van der Waals surface area (Å²) in [5.41, 5.74) is 0.571. The molecule has 3 aromatic heterocycles. The number of aromatic amines is 1. The Kier molecular flexibility index (Phi) is 3.86. The molecule has 0 saturated carbocycles. The number of hydrogen-bond donors (Lipinski definition) is 2. The van der Waals surface area contributed by atoms with Crippen molar-refractivity contribution in [3.63, 3.8) is 0 Å². The molecule has 9 heteroatoms. The smallest absolute Gasteiger partial charge is 0.244 e. The number of nitrogens with zero attached hydrogens (tertiary/aromatic N) is 6. The summed E-state index contributed by atoms with van der Waals surface area (Å²) < 4.78 is 1.58. The minimum absolute atomic E-state index is 0.152. The quantitative estimate of drug-likeness (QED) is 0.702.